The number of rotatable bonds is 1. The highest BCUT2D eigenvalue weighted by atomic mass is 16.3. The molecule has 0 amide bonds. The topological polar surface area (TPSA) is 44.0 Å². The Morgan fingerprint density at radius 1 is 0.789 bits per heavy atom. The minimum Gasteiger partial charge on any atom is -0.507 e. The molecule has 0 radical (unpaired) electrons. The van der Waals surface area contributed by atoms with E-state index in [4.69, 9.17) is 5.26 Å². The Morgan fingerprint density at radius 2 is 1.58 bits per heavy atom. The van der Waals surface area contributed by atoms with Crippen LogP contribution >= 0.6 is 0 Å². The molecule has 0 atom stereocenters. The van der Waals surface area contributed by atoms with Crippen LogP contribution in [0, 0.1) is 11.3 Å². The van der Waals surface area contributed by atoms with E-state index in [0.717, 1.165) is 16.5 Å². The molecule has 0 saturated carbocycles. The maximum atomic E-state index is 9.84. The summed E-state index contributed by atoms with van der Waals surface area (Å²) < 4.78 is 0. The fourth-order valence-corrected chi connectivity index (χ4v) is 2.24. The van der Waals surface area contributed by atoms with E-state index in [9.17, 15) is 5.11 Å². The van der Waals surface area contributed by atoms with Crippen LogP contribution in [-0.4, -0.2) is 5.11 Å². The first-order valence-electron chi connectivity index (χ1n) is 6.01. The summed E-state index contributed by atoms with van der Waals surface area (Å²) in [6.07, 6.45) is 0. The molecule has 0 fully saturated rings. The van der Waals surface area contributed by atoms with Gasteiger partial charge in [-0.15, -0.1) is 0 Å². The van der Waals surface area contributed by atoms with E-state index in [1.54, 1.807) is 12.1 Å². The van der Waals surface area contributed by atoms with Gasteiger partial charge in [0.1, 0.15) is 5.75 Å². The number of phenols is 1. The average Bonchev–Trinajstić information content (AvgIpc) is 2.48. The molecule has 0 spiro atoms. The molecule has 3 aromatic rings. The van der Waals surface area contributed by atoms with Gasteiger partial charge >= 0.3 is 0 Å². The van der Waals surface area contributed by atoms with Crippen LogP contribution in [0.3, 0.4) is 0 Å². The normalized spacial score (nSPS) is 10.3. The van der Waals surface area contributed by atoms with Gasteiger partial charge < -0.3 is 5.11 Å². The summed E-state index contributed by atoms with van der Waals surface area (Å²) in [5, 5.41) is 20.5. The molecule has 0 unspecified atom stereocenters. The third-order valence-electron chi connectivity index (χ3n) is 3.22. The number of benzene rings is 3. The van der Waals surface area contributed by atoms with Crippen LogP contribution in [0.2, 0.25) is 0 Å². The molecule has 2 heteroatoms. The zero-order valence-corrected chi connectivity index (χ0v) is 10.2. The fraction of sp³-hybridized carbons (Fsp3) is 0. The molecule has 90 valence electrons. The molecular weight excluding hydrogens is 234 g/mol. The van der Waals surface area contributed by atoms with Crippen molar-refractivity contribution >= 4 is 10.8 Å². The lowest BCUT2D eigenvalue weighted by molar-refractivity contribution is 0.481. The molecule has 3 rings (SSSR count). The molecule has 0 aliphatic carbocycles. The van der Waals surface area contributed by atoms with E-state index in [0.29, 0.717) is 10.9 Å². The van der Waals surface area contributed by atoms with Crippen molar-refractivity contribution in [2.75, 3.05) is 0 Å². The minimum absolute atomic E-state index is 0.202. The average molecular weight is 245 g/mol. The van der Waals surface area contributed by atoms with Gasteiger partial charge in [0.25, 0.3) is 0 Å². The lowest BCUT2D eigenvalue weighted by Crippen LogP contribution is -1.83. The Labute approximate surface area is 111 Å². The van der Waals surface area contributed by atoms with Crippen LogP contribution in [0.5, 0.6) is 5.75 Å². The monoisotopic (exact) mass is 245 g/mol. The van der Waals surface area contributed by atoms with Gasteiger partial charge in [-0.2, -0.15) is 5.26 Å². The molecule has 0 saturated heterocycles. The van der Waals surface area contributed by atoms with Crippen molar-refractivity contribution in [1.82, 2.24) is 0 Å². The predicted molar refractivity (Wildman–Crippen MR) is 75.8 cm³/mol. The van der Waals surface area contributed by atoms with Crippen molar-refractivity contribution in [3.63, 3.8) is 0 Å². The van der Waals surface area contributed by atoms with Gasteiger partial charge in [-0.1, -0.05) is 42.5 Å². The van der Waals surface area contributed by atoms with Gasteiger partial charge in [0.05, 0.1) is 11.6 Å². The largest absolute Gasteiger partial charge is 0.507 e. The van der Waals surface area contributed by atoms with Crippen molar-refractivity contribution in [2.45, 2.75) is 0 Å². The Hall–Kier alpha value is -2.79. The molecule has 0 heterocycles. The van der Waals surface area contributed by atoms with Crippen LogP contribution < -0.4 is 0 Å². The third-order valence-corrected chi connectivity index (χ3v) is 3.22. The summed E-state index contributed by atoms with van der Waals surface area (Å²) in [4.78, 5) is 0. The van der Waals surface area contributed by atoms with Crippen molar-refractivity contribution in [3.8, 4) is 22.9 Å². The van der Waals surface area contributed by atoms with E-state index in [-0.39, 0.29) is 5.75 Å². The zero-order valence-electron chi connectivity index (χ0n) is 10.2. The Balaban J connectivity index is 2.29. The van der Waals surface area contributed by atoms with Gasteiger partial charge in [-0.25, -0.2) is 0 Å². The van der Waals surface area contributed by atoms with E-state index in [1.165, 1.54) is 0 Å². The molecule has 0 aliphatic rings. The maximum absolute atomic E-state index is 9.84. The van der Waals surface area contributed by atoms with E-state index in [2.05, 4.69) is 6.07 Å². The summed E-state index contributed by atoms with van der Waals surface area (Å²) >= 11 is 0. The minimum atomic E-state index is 0.202. The summed E-state index contributed by atoms with van der Waals surface area (Å²) in [5.41, 5.74) is 2.71. The highest BCUT2D eigenvalue weighted by Gasteiger charge is 2.06. The highest BCUT2D eigenvalue weighted by Crippen LogP contribution is 2.31. The molecule has 19 heavy (non-hydrogen) atoms. The number of fused-ring (bicyclic) bond motifs is 1. The summed E-state index contributed by atoms with van der Waals surface area (Å²) in [6.45, 7) is 0. The lowest BCUT2D eigenvalue weighted by Gasteiger charge is -2.06. The molecular formula is C17H11NO. The quantitative estimate of drug-likeness (QED) is 0.701. The number of hydrogen-bond acceptors (Lipinski definition) is 2. The van der Waals surface area contributed by atoms with Crippen molar-refractivity contribution < 1.29 is 5.11 Å². The van der Waals surface area contributed by atoms with Gasteiger partial charge in [0, 0.05) is 10.8 Å². The Bertz CT molecular complexity index is 785. The van der Waals surface area contributed by atoms with Gasteiger partial charge in [-0.3, -0.25) is 0 Å². The van der Waals surface area contributed by atoms with Crippen molar-refractivity contribution in [3.05, 3.63) is 66.2 Å². The molecule has 0 aromatic heterocycles. The standard InChI is InChI=1S/C17H11NO/c18-11-14-7-9-17(19)15-8-6-13(10-16(14)15)12-4-2-1-3-5-12/h1-10,19H. The third kappa shape index (κ3) is 1.92. The lowest BCUT2D eigenvalue weighted by atomic mass is 9.98. The predicted octanol–water partition coefficient (Wildman–Crippen LogP) is 4.08. The molecule has 0 bridgehead atoms. The second-order valence-electron chi connectivity index (χ2n) is 4.37. The van der Waals surface area contributed by atoms with Crippen LogP contribution in [0.1, 0.15) is 5.56 Å². The van der Waals surface area contributed by atoms with E-state index < -0.39 is 0 Å². The number of hydrogen-bond donors (Lipinski definition) is 1. The van der Waals surface area contributed by atoms with Crippen molar-refractivity contribution in [1.29, 1.82) is 5.26 Å². The van der Waals surface area contributed by atoms with E-state index in [1.807, 2.05) is 48.5 Å². The van der Waals surface area contributed by atoms with Crippen LogP contribution in [0.15, 0.2) is 60.7 Å². The van der Waals surface area contributed by atoms with Gasteiger partial charge in [-0.05, 0) is 29.3 Å². The number of phenolic OH excluding ortho intramolecular Hbond substituents is 1. The first kappa shape index (κ1) is 11.3. The smallest absolute Gasteiger partial charge is 0.123 e. The Kier molecular flexibility index (Phi) is 2.66. The van der Waals surface area contributed by atoms with Crippen LogP contribution in [0.4, 0.5) is 0 Å². The SMILES string of the molecule is N#Cc1ccc(O)c2ccc(-c3ccccc3)cc12. The van der Waals surface area contributed by atoms with Crippen LogP contribution in [-0.2, 0) is 0 Å². The van der Waals surface area contributed by atoms with Crippen molar-refractivity contribution in [2.24, 2.45) is 0 Å². The molecule has 0 aliphatic heterocycles. The zero-order chi connectivity index (χ0) is 13.2. The summed E-state index contributed by atoms with van der Waals surface area (Å²) in [7, 11) is 0. The first-order chi connectivity index (χ1) is 9.29. The van der Waals surface area contributed by atoms with Gasteiger partial charge in [0.2, 0.25) is 0 Å². The van der Waals surface area contributed by atoms with Gasteiger partial charge in [0.15, 0.2) is 0 Å². The second-order valence-corrected chi connectivity index (χ2v) is 4.37. The van der Waals surface area contributed by atoms with E-state index >= 15 is 0 Å². The maximum Gasteiger partial charge on any atom is 0.123 e. The number of nitriles is 1. The molecule has 1 N–H and O–H groups in total. The summed E-state index contributed by atoms with van der Waals surface area (Å²) in [5.74, 6) is 0.202. The number of aromatic hydroxyl groups is 1. The highest BCUT2D eigenvalue weighted by molar-refractivity contribution is 5.95. The first-order valence-corrected chi connectivity index (χ1v) is 6.01. The fourth-order valence-electron chi connectivity index (χ4n) is 2.24. The Morgan fingerprint density at radius 3 is 2.32 bits per heavy atom. The molecule has 3 aromatic carbocycles. The second kappa shape index (κ2) is 4.47. The number of nitrogens with zero attached hydrogens (tertiary/aromatic N) is 1. The van der Waals surface area contributed by atoms with Crippen LogP contribution in [0.25, 0.3) is 21.9 Å². The molecule has 2 nitrogen and oxygen atoms in total. The summed E-state index contributed by atoms with van der Waals surface area (Å²) in [6, 6.07) is 21.1.